The summed E-state index contributed by atoms with van der Waals surface area (Å²) in [5.41, 5.74) is 7.45. The van der Waals surface area contributed by atoms with Crippen molar-refractivity contribution in [1.29, 1.82) is 0 Å². The summed E-state index contributed by atoms with van der Waals surface area (Å²) in [6.07, 6.45) is 1.95. The Bertz CT molecular complexity index is 2720. The predicted octanol–water partition coefficient (Wildman–Crippen LogP) is 12.3. The van der Waals surface area contributed by atoms with Crippen LogP contribution in [0.2, 0.25) is 0 Å². The minimum absolute atomic E-state index is 0.902. The first-order chi connectivity index (χ1) is 21.8. The number of furan rings is 2. The molecule has 0 fully saturated rings. The molecule has 0 saturated carbocycles. The van der Waals surface area contributed by atoms with Crippen molar-refractivity contribution in [1.82, 2.24) is 0 Å². The molecule has 10 rings (SSSR count). The Labute approximate surface area is 252 Å². The predicted molar refractivity (Wildman–Crippen MR) is 184 cm³/mol. The Morgan fingerprint density at radius 1 is 0.341 bits per heavy atom. The first kappa shape index (κ1) is 23.7. The van der Waals surface area contributed by atoms with Crippen LogP contribution < -0.4 is 0 Å². The van der Waals surface area contributed by atoms with E-state index in [9.17, 15) is 0 Å². The van der Waals surface area contributed by atoms with Crippen molar-refractivity contribution in [3.05, 3.63) is 146 Å². The van der Waals surface area contributed by atoms with Crippen LogP contribution in [0.1, 0.15) is 0 Å². The van der Waals surface area contributed by atoms with E-state index in [1.807, 2.05) is 6.26 Å². The highest BCUT2D eigenvalue weighted by atomic mass is 16.3. The number of benzene rings is 8. The van der Waals surface area contributed by atoms with Gasteiger partial charge in [-0.1, -0.05) is 121 Å². The molecule has 0 amide bonds. The van der Waals surface area contributed by atoms with Gasteiger partial charge in [0.2, 0.25) is 0 Å². The van der Waals surface area contributed by atoms with Gasteiger partial charge in [-0.15, -0.1) is 0 Å². The molecule has 0 radical (unpaired) electrons. The van der Waals surface area contributed by atoms with Crippen LogP contribution in [0.4, 0.5) is 0 Å². The smallest absolute Gasteiger partial charge is 0.142 e. The van der Waals surface area contributed by atoms with Gasteiger partial charge < -0.3 is 8.83 Å². The monoisotopic (exact) mass is 560 g/mol. The first-order valence-electron chi connectivity index (χ1n) is 15.0. The van der Waals surface area contributed by atoms with Gasteiger partial charge in [0.05, 0.1) is 6.26 Å². The van der Waals surface area contributed by atoms with Gasteiger partial charge in [0.15, 0.2) is 0 Å². The summed E-state index contributed by atoms with van der Waals surface area (Å²) in [7, 11) is 0. The fourth-order valence-corrected chi connectivity index (χ4v) is 7.46. The first-order valence-corrected chi connectivity index (χ1v) is 15.0. The summed E-state index contributed by atoms with van der Waals surface area (Å²) in [6, 6.07) is 49.8. The van der Waals surface area contributed by atoms with Gasteiger partial charge in [-0.3, -0.25) is 0 Å². The van der Waals surface area contributed by atoms with Crippen LogP contribution in [0.25, 0.3) is 98.3 Å². The van der Waals surface area contributed by atoms with Crippen LogP contribution in [0.3, 0.4) is 0 Å². The normalized spacial score (nSPS) is 12.1. The van der Waals surface area contributed by atoms with E-state index in [2.05, 4.69) is 140 Å². The number of fused-ring (bicyclic) bond motifs is 10. The lowest BCUT2D eigenvalue weighted by Gasteiger charge is -2.17. The topological polar surface area (TPSA) is 26.3 Å². The lowest BCUT2D eigenvalue weighted by molar-refractivity contribution is 0.620. The second-order valence-corrected chi connectivity index (χ2v) is 11.6. The highest BCUT2D eigenvalue weighted by Crippen LogP contribution is 2.49. The van der Waals surface area contributed by atoms with Crippen LogP contribution in [0.5, 0.6) is 0 Å². The van der Waals surface area contributed by atoms with Crippen molar-refractivity contribution in [2.45, 2.75) is 0 Å². The Morgan fingerprint density at radius 2 is 0.886 bits per heavy atom. The van der Waals surface area contributed by atoms with E-state index in [4.69, 9.17) is 8.83 Å². The molecular weight excluding hydrogens is 536 g/mol. The van der Waals surface area contributed by atoms with Crippen molar-refractivity contribution >= 4 is 76.0 Å². The molecule has 0 bridgehead atoms. The average molecular weight is 561 g/mol. The maximum absolute atomic E-state index is 6.50. The minimum atomic E-state index is 0.902. The number of rotatable bonds is 2. The zero-order chi connectivity index (χ0) is 28.8. The quantitative estimate of drug-likeness (QED) is 0.197. The van der Waals surface area contributed by atoms with Gasteiger partial charge in [-0.05, 0) is 67.0 Å². The molecule has 2 heteroatoms. The second-order valence-electron chi connectivity index (χ2n) is 11.6. The number of hydrogen-bond acceptors (Lipinski definition) is 2. The van der Waals surface area contributed by atoms with Crippen molar-refractivity contribution in [3.63, 3.8) is 0 Å². The van der Waals surface area contributed by atoms with Gasteiger partial charge in [0.25, 0.3) is 0 Å². The van der Waals surface area contributed by atoms with Crippen LogP contribution >= 0.6 is 0 Å². The highest BCUT2D eigenvalue weighted by Gasteiger charge is 2.22. The summed E-state index contributed by atoms with van der Waals surface area (Å²) in [6.45, 7) is 0. The van der Waals surface area contributed by atoms with Crippen molar-refractivity contribution < 1.29 is 8.83 Å². The summed E-state index contributed by atoms with van der Waals surface area (Å²) in [5, 5.41) is 13.0. The molecule has 0 aliphatic rings. The SMILES string of the molecule is c1ccc2c(c1)ccc1c(-c3c4ccccc4c(-c4cccc5oc6ccc7ccccc7c6c45)c4ccccc34)coc12. The molecule has 2 aromatic heterocycles. The Hall–Kier alpha value is -5.86. The zero-order valence-corrected chi connectivity index (χ0v) is 23.7. The molecule has 0 aliphatic carbocycles. The van der Waals surface area contributed by atoms with E-state index in [0.29, 0.717) is 0 Å². The standard InChI is InChI=1S/C42H24O2/c1-3-12-27-25(10-1)21-23-37-40(27)41-34(18-9-19-36(41)44-37)38-29-14-5-7-16-31(29)39(32-17-8-6-15-30(32)38)35-24-43-42-28-13-4-2-11-26(28)20-22-33(35)42/h1-24H. The molecule has 0 unspecified atom stereocenters. The van der Waals surface area contributed by atoms with Crippen LogP contribution in [0, 0.1) is 0 Å². The third-order valence-electron chi connectivity index (χ3n) is 9.32. The maximum Gasteiger partial charge on any atom is 0.142 e. The van der Waals surface area contributed by atoms with Crippen molar-refractivity contribution in [2.75, 3.05) is 0 Å². The lowest BCUT2D eigenvalue weighted by Crippen LogP contribution is -1.91. The highest BCUT2D eigenvalue weighted by molar-refractivity contribution is 6.29. The van der Waals surface area contributed by atoms with E-state index in [1.54, 1.807) is 0 Å². The molecule has 44 heavy (non-hydrogen) atoms. The summed E-state index contributed by atoms with van der Waals surface area (Å²) in [4.78, 5) is 0. The summed E-state index contributed by atoms with van der Waals surface area (Å²) < 4.78 is 12.9. The minimum Gasteiger partial charge on any atom is -0.463 e. The third-order valence-corrected chi connectivity index (χ3v) is 9.32. The molecule has 0 N–H and O–H groups in total. The largest absolute Gasteiger partial charge is 0.463 e. The van der Waals surface area contributed by atoms with E-state index in [0.717, 1.165) is 38.5 Å². The Kier molecular flexibility index (Phi) is 4.75. The van der Waals surface area contributed by atoms with E-state index in [-0.39, 0.29) is 0 Å². The van der Waals surface area contributed by atoms with Gasteiger partial charge >= 0.3 is 0 Å². The fraction of sp³-hybridized carbons (Fsp3) is 0. The van der Waals surface area contributed by atoms with Crippen molar-refractivity contribution in [3.8, 4) is 22.3 Å². The van der Waals surface area contributed by atoms with Crippen LogP contribution in [-0.2, 0) is 0 Å². The number of hydrogen-bond donors (Lipinski definition) is 0. The zero-order valence-electron chi connectivity index (χ0n) is 23.7. The molecule has 0 saturated heterocycles. The summed E-state index contributed by atoms with van der Waals surface area (Å²) in [5.74, 6) is 0. The van der Waals surface area contributed by atoms with Gasteiger partial charge in [-0.25, -0.2) is 0 Å². The van der Waals surface area contributed by atoms with Gasteiger partial charge in [-0.2, -0.15) is 0 Å². The molecular formula is C42H24O2. The maximum atomic E-state index is 6.50. The summed E-state index contributed by atoms with van der Waals surface area (Å²) >= 11 is 0. The molecule has 0 atom stereocenters. The van der Waals surface area contributed by atoms with Crippen molar-refractivity contribution in [2.24, 2.45) is 0 Å². The molecule has 2 nitrogen and oxygen atoms in total. The lowest BCUT2D eigenvalue weighted by atomic mass is 9.84. The van der Waals surface area contributed by atoms with E-state index < -0.39 is 0 Å². The van der Waals surface area contributed by atoms with Crippen LogP contribution in [0.15, 0.2) is 155 Å². The molecule has 10 aromatic rings. The van der Waals surface area contributed by atoms with Gasteiger partial charge in [0, 0.05) is 32.7 Å². The molecule has 204 valence electrons. The van der Waals surface area contributed by atoms with Gasteiger partial charge in [0.1, 0.15) is 16.7 Å². The third kappa shape index (κ3) is 3.14. The molecule has 2 heterocycles. The van der Waals surface area contributed by atoms with E-state index >= 15 is 0 Å². The average Bonchev–Trinajstić information content (AvgIpc) is 3.69. The Morgan fingerprint density at radius 3 is 1.59 bits per heavy atom. The van der Waals surface area contributed by atoms with Crippen LogP contribution in [-0.4, -0.2) is 0 Å². The fourth-order valence-electron chi connectivity index (χ4n) is 7.46. The van der Waals surface area contributed by atoms with E-state index in [1.165, 1.54) is 59.8 Å². The molecule has 0 spiro atoms. The molecule has 0 aliphatic heterocycles. The second kappa shape index (κ2) is 8.82. The molecule has 8 aromatic carbocycles. The Balaban J connectivity index is 1.37.